The van der Waals surface area contributed by atoms with E-state index in [2.05, 4.69) is 10.2 Å². The van der Waals surface area contributed by atoms with Crippen LogP contribution in [0.15, 0.2) is 24.3 Å². The molecule has 0 aliphatic heterocycles. The van der Waals surface area contributed by atoms with E-state index in [1.165, 1.54) is 0 Å². The molecule has 2 aromatic rings. The largest absolute Gasteiger partial charge is 0.437 e. The lowest BCUT2D eigenvalue weighted by Gasteiger charge is -2.09. The van der Waals surface area contributed by atoms with Crippen molar-refractivity contribution in [3.8, 4) is 11.6 Å². The molecule has 4 nitrogen and oxygen atoms in total. The Morgan fingerprint density at radius 2 is 1.78 bits per heavy atom. The number of halogens is 1. The highest BCUT2D eigenvalue weighted by molar-refractivity contribution is 6.30. The van der Waals surface area contributed by atoms with Crippen LogP contribution in [0.2, 0.25) is 5.15 Å². The molecule has 0 bridgehead atoms. The minimum atomic E-state index is 0.0131. The maximum atomic E-state index is 8.95. The molecule has 0 radical (unpaired) electrons. The molecule has 1 aromatic carbocycles. The van der Waals surface area contributed by atoms with Gasteiger partial charge in [-0.25, -0.2) is 0 Å². The van der Waals surface area contributed by atoms with Crippen molar-refractivity contribution >= 4 is 11.6 Å². The van der Waals surface area contributed by atoms with Crippen LogP contribution in [0.3, 0.4) is 0 Å². The first-order chi connectivity index (χ1) is 8.61. The molecule has 0 spiro atoms. The highest BCUT2D eigenvalue weighted by Crippen LogP contribution is 2.26. The average Bonchev–Trinajstić information content (AvgIpc) is 2.40. The van der Waals surface area contributed by atoms with Gasteiger partial charge in [0.2, 0.25) is 5.88 Å². The minimum absolute atomic E-state index is 0.0131. The molecule has 2 rings (SSSR count). The minimum Gasteiger partial charge on any atom is -0.437 e. The summed E-state index contributed by atoms with van der Waals surface area (Å²) >= 11 is 5.87. The van der Waals surface area contributed by atoms with Crippen LogP contribution in [0.5, 0.6) is 11.6 Å². The zero-order chi connectivity index (χ0) is 13.1. The zero-order valence-electron chi connectivity index (χ0n) is 10.1. The molecule has 94 valence electrons. The molecule has 0 fully saturated rings. The number of aliphatic hydroxyl groups excluding tert-OH is 1. The molecule has 1 aromatic heterocycles. The first kappa shape index (κ1) is 12.8. The second-order valence-corrected chi connectivity index (χ2v) is 4.31. The van der Waals surface area contributed by atoms with E-state index in [1.807, 2.05) is 13.8 Å². The fraction of sp³-hybridized carbons (Fsp3) is 0.231. The van der Waals surface area contributed by atoms with Gasteiger partial charge in [-0.15, -0.1) is 10.2 Å². The monoisotopic (exact) mass is 264 g/mol. The molecule has 0 saturated heterocycles. The first-order valence-electron chi connectivity index (χ1n) is 5.49. The Hall–Kier alpha value is -1.65. The van der Waals surface area contributed by atoms with Crippen LogP contribution >= 0.6 is 11.6 Å². The van der Waals surface area contributed by atoms with E-state index in [0.717, 1.165) is 16.7 Å². The second-order valence-electron chi connectivity index (χ2n) is 3.95. The highest BCUT2D eigenvalue weighted by atomic mass is 35.5. The molecule has 1 N–H and O–H groups in total. The lowest BCUT2D eigenvalue weighted by atomic mass is 10.2. The molecule has 0 aliphatic carbocycles. The topological polar surface area (TPSA) is 55.2 Å². The summed E-state index contributed by atoms with van der Waals surface area (Å²) in [5, 5.41) is 17.1. The maximum absolute atomic E-state index is 8.95. The summed E-state index contributed by atoms with van der Waals surface area (Å²) in [6.45, 7) is 3.76. The molecule has 0 amide bonds. The van der Waals surface area contributed by atoms with Gasteiger partial charge in [0, 0.05) is 5.56 Å². The van der Waals surface area contributed by atoms with Crippen LogP contribution in [0.1, 0.15) is 16.7 Å². The van der Waals surface area contributed by atoms with Gasteiger partial charge in [-0.2, -0.15) is 0 Å². The van der Waals surface area contributed by atoms with Crippen LogP contribution in [0.4, 0.5) is 0 Å². The number of aromatic nitrogens is 2. The third-order valence-electron chi connectivity index (χ3n) is 2.74. The Balaban J connectivity index is 2.25. The molecule has 18 heavy (non-hydrogen) atoms. The van der Waals surface area contributed by atoms with Gasteiger partial charge in [-0.1, -0.05) is 23.7 Å². The predicted octanol–water partition coefficient (Wildman–Crippen LogP) is 3.03. The number of hydrogen-bond donors (Lipinski definition) is 1. The summed E-state index contributed by atoms with van der Waals surface area (Å²) in [6.07, 6.45) is 0. The molecular weight excluding hydrogens is 252 g/mol. The van der Waals surface area contributed by atoms with Crippen molar-refractivity contribution in [3.05, 3.63) is 46.1 Å². The maximum Gasteiger partial charge on any atom is 0.242 e. The summed E-state index contributed by atoms with van der Waals surface area (Å²) in [4.78, 5) is 0. The Labute approximate surface area is 110 Å². The van der Waals surface area contributed by atoms with Crippen LogP contribution in [0, 0.1) is 13.8 Å². The fourth-order valence-corrected chi connectivity index (χ4v) is 1.61. The summed E-state index contributed by atoms with van der Waals surface area (Å²) in [5.74, 6) is 1.08. The molecule has 5 heteroatoms. The van der Waals surface area contributed by atoms with Gasteiger partial charge < -0.3 is 9.84 Å². The Bertz CT molecular complexity index is 556. The van der Waals surface area contributed by atoms with Crippen molar-refractivity contribution in [2.75, 3.05) is 0 Å². The normalized spacial score (nSPS) is 10.4. The van der Waals surface area contributed by atoms with Gasteiger partial charge in [0.1, 0.15) is 5.75 Å². The van der Waals surface area contributed by atoms with E-state index in [-0.39, 0.29) is 6.61 Å². The van der Waals surface area contributed by atoms with Crippen molar-refractivity contribution in [1.29, 1.82) is 0 Å². The van der Waals surface area contributed by atoms with E-state index in [1.54, 1.807) is 24.3 Å². The standard InChI is InChI=1S/C13H13ClN2O2/c1-8-9(2)13(16-15-12(8)14)18-11-5-3-10(7-17)4-6-11/h3-6,17H,7H2,1-2H3. The third kappa shape index (κ3) is 2.60. The van der Waals surface area contributed by atoms with Crippen molar-refractivity contribution in [2.24, 2.45) is 0 Å². The Morgan fingerprint density at radius 3 is 2.39 bits per heavy atom. The lowest BCUT2D eigenvalue weighted by molar-refractivity contribution is 0.281. The fourth-order valence-electron chi connectivity index (χ4n) is 1.43. The van der Waals surface area contributed by atoms with E-state index >= 15 is 0 Å². The van der Waals surface area contributed by atoms with Gasteiger partial charge in [0.25, 0.3) is 0 Å². The van der Waals surface area contributed by atoms with Crippen LogP contribution in [-0.4, -0.2) is 15.3 Å². The summed E-state index contributed by atoms with van der Waals surface area (Å²) < 4.78 is 5.63. The second kappa shape index (κ2) is 5.33. The van der Waals surface area contributed by atoms with Gasteiger partial charge in [0.05, 0.1) is 6.61 Å². The van der Waals surface area contributed by atoms with Gasteiger partial charge in [-0.05, 0) is 37.1 Å². The Kier molecular flexibility index (Phi) is 3.79. The van der Waals surface area contributed by atoms with Crippen LogP contribution in [0.25, 0.3) is 0 Å². The smallest absolute Gasteiger partial charge is 0.242 e. The summed E-state index contributed by atoms with van der Waals surface area (Å²) in [5.41, 5.74) is 2.55. The van der Waals surface area contributed by atoms with Gasteiger partial charge in [-0.3, -0.25) is 0 Å². The Morgan fingerprint density at radius 1 is 1.11 bits per heavy atom. The van der Waals surface area contributed by atoms with E-state index in [0.29, 0.717) is 16.8 Å². The average molecular weight is 265 g/mol. The lowest BCUT2D eigenvalue weighted by Crippen LogP contribution is -1.97. The van der Waals surface area contributed by atoms with Crippen LogP contribution < -0.4 is 4.74 Å². The molecule has 0 aliphatic rings. The number of nitrogens with zero attached hydrogens (tertiary/aromatic N) is 2. The van der Waals surface area contributed by atoms with E-state index in [4.69, 9.17) is 21.4 Å². The molecule has 0 unspecified atom stereocenters. The van der Waals surface area contributed by atoms with Crippen molar-refractivity contribution in [3.63, 3.8) is 0 Å². The van der Waals surface area contributed by atoms with Crippen LogP contribution in [-0.2, 0) is 6.61 Å². The van der Waals surface area contributed by atoms with Crippen molar-refractivity contribution in [1.82, 2.24) is 10.2 Å². The number of hydrogen-bond acceptors (Lipinski definition) is 4. The molecule has 0 atom stereocenters. The molecule has 0 saturated carbocycles. The van der Waals surface area contributed by atoms with E-state index in [9.17, 15) is 0 Å². The molecule has 1 heterocycles. The number of benzene rings is 1. The number of ether oxygens (including phenoxy) is 1. The van der Waals surface area contributed by atoms with Gasteiger partial charge >= 0.3 is 0 Å². The molecular formula is C13H13ClN2O2. The predicted molar refractivity (Wildman–Crippen MR) is 69.0 cm³/mol. The quantitative estimate of drug-likeness (QED) is 0.926. The summed E-state index contributed by atoms with van der Waals surface area (Å²) in [7, 11) is 0. The summed E-state index contributed by atoms with van der Waals surface area (Å²) in [6, 6.07) is 7.13. The van der Waals surface area contributed by atoms with Gasteiger partial charge in [0.15, 0.2) is 5.15 Å². The first-order valence-corrected chi connectivity index (χ1v) is 5.86. The number of rotatable bonds is 3. The third-order valence-corrected chi connectivity index (χ3v) is 3.10. The van der Waals surface area contributed by atoms with E-state index < -0.39 is 0 Å². The number of aliphatic hydroxyl groups is 1. The van der Waals surface area contributed by atoms with Crippen molar-refractivity contribution in [2.45, 2.75) is 20.5 Å². The highest BCUT2D eigenvalue weighted by Gasteiger charge is 2.09. The zero-order valence-corrected chi connectivity index (χ0v) is 10.9. The SMILES string of the molecule is Cc1c(Cl)nnc(Oc2ccc(CO)cc2)c1C. The van der Waals surface area contributed by atoms with Crippen molar-refractivity contribution < 1.29 is 9.84 Å².